The van der Waals surface area contributed by atoms with Gasteiger partial charge in [-0.3, -0.25) is 14.1 Å². The number of fused-ring (bicyclic) bond motifs is 7. The summed E-state index contributed by atoms with van der Waals surface area (Å²) < 4.78 is 43.3. The number of Topliss-reactive ketones (excluding diaryl/α,β-unsaturated/α-hetero) is 2. The van der Waals surface area contributed by atoms with Crippen molar-refractivity contribution in [3.63, 3.8) is 0 Å². The molecule has 136 valence electrons. The van der Waals surface area contributed by atoms with E-state index in [-0.39, 0.29) is 22.5 Å². The zero-order chi connectivity index (χ0) is 19.1. The molecule has 1 aromatic heterocycles. The second-order valence-electron chi connectivity index (χ2n) is 6.63. The molecule has 2 aliphatic rings. The van der Waals surface area contributed by atoms with E-state index in [1.807, 2.05) is 6.07 Å². The second-order valence-corrected chi connectivity index (χ2v) is 7.95. The normalized spacial score (nSPS) is 15.8. The third-order valence-corrected chi connectivity index (χ3v) is 6.01. The maximum absolute atomic E-state index is 12.9. The van der Waals surface area contributed by atoms with E-state index in [2.05, 4.69) is 0 Å². The van der Waals surface area contributed by atoms with E-state index in [1.165, 1.54) is 6.92 Å². The first kappa shape index (κ1) is 16.4. The molecule has 3 aromatic rings. The molecule has 0 radical (unpaired) electrons. The maximum Gasteiger partial charge on any atom is 0.328 e. The fraction of sp³-hybridized carbons (Fsp3) is 0.158. The number of ether oxygens (including phenoxy) is 1. The zero-order valence-corrected chi connectivity index (χ0v) is 14.8. The molecule has 8 heteroatoms. The number of carbonyl (C=O) groups is 2. The van der Waals surface area contributed by atoms with Gasteiger partial charge in [0.1, 0.15) is 5.76 Å². The Balaban J connectivity index is 1.90. The van der Waals surface area contributed by atoms with Gasteiger partial charge in [0.25, 0.3) is 0 Å². The van der Waals surface area contributed by atoms with E-state index < -0.39 is 26.8 Å². The summed E-state index contributed by atoms with van der Waals surface area (Å²) in [4.78, 5) is 25.6. The van der Waals surface area contributed by atoms with Gasteiger partial charge in [0.2, 0.25) is 16.7 Å². The SMILES string of the molecule is Cc1c(S(=O)(=O)O)oc2c1C(=O)C(=O)c1c-2ccc2c3c(ccc12)COC3. The molecule has 1 aliphatic carbocycles. The summed E-state index contributed by atoms with van der Waals surface area (Å²) in [7, 11) is -4.67. The number of hydrogen-bond acceptors (Lipinski definition) is 6. The summed E-state index contributed by atoms with van der Waals surface area (Å²) in [6.07, 6.45) is 0. The summed E-state index contributed by atoms with van der Waals surface area (Å²) in [6.45, 7) is 2.24. The summed E-state index contributed by atoms with van der Waals surface area (Å²) in [6, 6.07) is 7.06. The third kappa shape index (κ3) is 2.05. The Morgan fingerprint density at radius 1 is 0.963 bits per heavy atom. The summed E-state index contributed by atoms with van der Waals surface area (Å²) in [5, 5.41) is 0.679. The smallest absolute Gasteiger partial charge is 0.328 e. The standard InChI is InChI=1S/C19H12O7S/c1-8-14-16(20)17(21)15-11-3-2-9-6-25-7-13(9)10(11)4-5-12(15)18(14)26-19(8)27(22,23)24/h2-5H,6-7H2,1H3,(H,22,23,24). The van der Waals surface area contributed by atoms with Crippen LogP contribution < -0.4 is 0 Å². The molecule has 0 bridgehead atoms. The van der Waals surface area contributed by atoms with Gasteiger partial charge in [-0.2, -0.15) is 8.42 Å². The number of benzene rings is 2. The van der Waals surface area contributed by atoms with E-state index in [4.69, 9.17) is 9.15 Å². The van der Waals surface area contributed by atoms with Crippen molar-refractivity contribution in [3.8, 4) is 11.3 Å². The molecule has 2 heterocycles. The van der Waals surface area contributed by atoms with Crippen molar-refractivity contribution < 1.29 is 31.7 Å². The summed E-state index contributed by atoms with van der Waals surface area (Å²) in [5.41, 5.74) is 2.31. The first-order valence-corrected chi connectivity index (χ1v) is 9.58. The predicted molar refractivity (Wildman–Crippen MR) is 93.4 cm³/mol. The molecule has 2 aromatic carbocycles. The molecule has 0 atom stereocenters. The lowest BCUT2D eigenvalue weighted by Crippen LogP contribution is -2.21. The number of carbonyl (C=O) groups excluding carboxylic acids is 2. The first-order chi connectivity index (χ1) is 12.8. The maximum atomic E-state index is 12.9. The van der Waals surface area contributed by atoms with Crippen molar-refractivity contribution in [1.82, 2.24) is 0 Å². The van der Waals surface area contributed by atoms with Crippen LogP contribution in [0.25, 0.3) is 22.1 Å². The molecule has 27 heavy (non-hydrogen) atoms. The number of hydrogen-bond donors (Lipinski definition) is 1. The summed E-state index contributed by atoms with van der Waals surface area (Å²) >= 11 is 0. The van der Waals surface area contributed by atoms with Crippen LogP contribution in [0.3, 0.4) is 0 Å². The molecule has 1 N–H and O–H groups in total. The minimum atomic E-state index is -4.67. The first-order valence-electron chi connectivity index (χ1n) is 8.14. The molecule has 0 saturated carbocycles. The van der Waals surface area contributed by atoms with Crippen LogP contribution in [0.15, 0.2) is 33.8 Å². The van der Waals surface area contributed by atoms with Gasteiger partial charge >= 0.3 is 10.1 Å². The van der Waals surface area contributed by atoms with Gasteiger partial charge in [-0.1, -0.05) is 18.2 Å². The van der Waals surface area contributed by atoms with Crippen LogP contribution in [-0.2, 0) is 28.1 Å². The Hall–Kier alpha value is -2.81. The lowest BCUT2D eigenvalue weighted by molar-refractivity contribution is 0.0815. The van der Waals surface area contributed by atoms with Crippen molar-refractivity contribution >= 4 is 32.5 Å². The summed E-state index contributed by atoms with van der Waals surface area (Å²) in [5.74, 6) is -1.59. The molecular formula is C19H12O7S. The van der Waals surface area contributed by atoms with Crippen molar-refractivity contribution in [1.29, 1.82) is 0 Å². The van der Waals surface area contributed by atoms with Crippen molar-refractivity contribution in [2.75, 3.05) is 0 Å². The Kier molecular flexibility index (Phi) is 3.11. The molecule has 0 amide bonds. The monoisotopic (exact) mass is 384 g/mol. The van der Waals surface area contributed by atoms with Gasteiger partial charge in [0.05, 0.1) is 18.8 Å². The Bertz CT molecular complexity index is 1310. The van der Waals surface area contributed by atoms with Gasteiger partial charge in [0.15, 0.2) is 0 Å². The van der Waals surface area contributed by atoms with E-state index >= 15 is 0 Å². The lowest BCUT2D eigenvalue weighted by Gasteiger charge is -2.17. The highest BCUT2D eigenvalue weighted by Gasteiger charge is 2.39. The lowest BCUT2D eigenvalue weighted by atomic mass is 9.83. The van der Waals surface area contributed by atoms with Crippen LogP contribution in [-0.4, -0.2) is 24.5 Å². The van der Waals surface area contributed by atoms with E-state index in [9.17, 15) is 22.6 Å². The number of furan rings is 1. The number of rotatable bonds is 1. The zero-order valence-electron chi connectivity index (χ0n) is 14.0. The molecule has 0 unspecified atom stereocenters. The fourth-order valence-corrected chi connectivity index (χ4v) is 4.62. The third-order valence-electron chi connectivity index (χ3n) is 5.16. The van der Waals surface area contributed by atoms with E-state index in [0.29, 0.717) is 24.2 Å². The highest BCUT2D eigenvalue weighted by molar-refractivity contribution is 7.85. The molecule has 7 nitrogen and oxygen atoms in total. The quantitative estimate of drug-likeness (QED) is 0.507. The molecule has 1 aliphatic heterocycles. The molecule has 0 saturated heterocycles. The predicted octanol–water partition coefficient (Wildman–Crippen LogP) is 3.06. The Morgan fingerprint density at radius 3 is 2.41 bits per heavy atom. The van der Waals surface area contributed by atoms with Crippen molar-refractivity contribution in [2.24, 2.45) is 0 Å². The average Bonchev–Trinajstić information content (AvgIpc) is 3.22. The van der Waals surface area contributed by atoms with E-state index in [0.717, 1.165) is 16.5 Å². The van der Waals surface area contributed by atoms with Gasteiger partial charge in [-0.05, 0) is 34.9 Å². The highest BCUT2D eigenvalue weighted by atomic mass is 32.2. The minimum absolute atomic E-state index is 0.0154. The van der Waals surface area contributed by atoms with Crippen molar-refractivity contribution in [3.05, 3.63) is 52.1 Å². The molecular weight excluding hydrogens is 372 g/mol. The van der Waals surface area contributed by atoms with Crippen LogP contribution >= 0.6 is 0 Å². The van der Waals surface area contributed by atoms with Gasteiger partial charge in [0, 0.05) is 16.7 Å². The van der Waals surface area contributed by atoms with Gasteiger partial charge < -0.3 is 9.15 Å². The minimum Gasteiger partial charge on any atom is -0.441 e. The Labute approximate surface area is 153 Å². The molecule has 5 rings (SSSR count). The van der Waals surface area contributed by atoms with Crippen LogP contribution in [0.4, 0.5) is 0 Å². The Morgan fingerprint density at radius 2 is 1.67 bits per heavy atom. The number of ketones is 2. The largest absolute Gasteiger partial charge is 0.441 e. The van der Waals surface area contributed by atoms with Crippen LogP contribution in [0, 0.1) is 6.92 Å². The van der Waals surface area contributed by atoms with Crippen LogP contribution in [0.5, 0.6) is 0 Å². The van der Waals surface area contributed by atoms with Gasteiger partial charge in [-0.25, -0.2) is 0 Å². The average molecular weight is 384 g/mol. The topological polar surface area (TPSA) is 111 Å². The molecule has 0 spiro atoms. The fourth-order valence-electron chi connectivity index (χ4n) is 3.94. The van der Waals surface area contributed by atoms with Crippen LogP contribution in [0.2, 0.25) is 0 Å². The second kappa shape index (κ2) is 5.13. The van der Waals surface area contributed by atoms with Crippen LogP contribution in [0.1, 0.15) is 37.4 Å². The van der Waals surface area contributed by atoms with Gasteiger partial charge in [-0.15, -0.1) is 0 Å². The molecule has 0 fully saturated rings. The van der Waals surface area contributed by atoms with Crippen molar-refractivity contribution in [2.45, 2.75) is 25.2 Å². The highest BCUT2D eigenvalue weighted by Crippen LogP contribution is 2.43. The van der Waals surface area contributed by atoms with E-state index in [1.54, 1.807) is 18.2 Å².